The largest absolute Gasteiger partial charge is 0.444 e. The van der Waals surface area contributed by atoms with Crippen LogP contribution < -0.4 is 5.32 Å². The van der Waals surface area contributed by atoms with Crippen molar-refractivity contribution in [1.29, 1.82) is 0 Å². The number of carbonyl (C=O) groups is 2. The zero-order chi connectivity index (χ0) is 13.8. The number of alkyl carbamates (subject to hydrolysis) is 1. The number of ether oxygens (including phenoxy) is 1. The molecule has 1 aliphatic rings. The van der Waals surface area contributed by atoms with Crippen molar-refractivity contribution in [3.63, 3.8) is 0 Å². The van der Waals surface area contributed by atoms with Crippen molar-refractivity contribution in [2.45, 2.75) is 52.2 Å². The Kier molecular flexibility index (Phi) is 4.95. The van der Waals surface area contributed by atoms with Gasteiger partial charge in [-0.1, -0.05) is 0 Å². The lowest BCUT2D eigenvalue weighted by Crippen LogP contribution is -2.42. The van der Waals surface area contributed by atoms with Crippen LogP contribution in [0.4, 0.5) is 4.79 Å². The van der Waals surface area contributed by atoms with Crippen LogP contribution >= 0.6 is 0 Å². The number of hydrogen-bond acceptors (Lipinski definition) is 5. The Balaban J connectivity index is 2.34. The number of hydroxylamine groups is 2. The first-order chi connectivity index (χ1) is 8.28. The molecule has 104 valence electrons. The minimum Gasteiger partial charge on any atom is -0.444 e. The first-order valence-electron chi connectivity index (χ1n) is 6.20. The minimum atomic E-state index is -0.505. The molecule has 0 aromatic carbocycles. The van der Waals surface area contributed by atoms with E-state index in [1.165, 1.54) is 6.92 Å². The molecule has 6 nitrogen and oxygen atoms in total. The van der Waals surface area contributed by atoms with Crippen molar-refractivity contribution in [3.05, 3.63) is 0 Å². The predicted molar refractivity (Wildman–Crippen MR) is 65.7 cm³/mol. The van der Waals surface area contributed by atoms with Crippen LogP contribution in [0.15, 0.2) is 0 Å². The van der Waals surface area contributed by atoms with Crippen molar-refractivity contribution < 1.29 is 19.2 Å². The number of nitrogens with one attached hydrogen (secondary N) is 1. The van der Waals surface area contributed by atoms with E-state index in [1.54, 1.807) is 5.06 Å². The van der Waals surface area contributed by atoms with Crippen molar-refractivity contribution in [2.75, 3.05) is 13.1 Å². The van der Waals surface area contributed by atoms with E-state index >= 15 is 0 Å². The molecule has 0 spiro atoms. The summed E-state index contributed by atoms with van der Waals surface area (Å²) in [6, 6.07) is 0.0291. The first-order valence-corrected chi connectivity index (χ1v) is 6.20. The molecule has 1 aliphatic heterocycles. The van der Waals surface area contributed by atoms with Gasteiger partial charge in [0.25, 0.3) is 0 Å². The van der Waals surface area contributed by atoms with Crippen molar-refractivity contribution in [1.82, 2.24) is 10.4 Å². The van der Waals surface area contributed by atoms with Crippen LogP contribution in [0.5, 0.6) is 0 Å². The maximum Gasteiger partial charge on any atom is 0.407 e. The highest BCUT2D eigenvalue weighted by atomic mass is 16.7. The van der Waals surface area contributed by atoms with Crippen LogP contribution in [0.2, 0.25) is 0 Å². The molecule has 0 radical (unpaired) electrons. The Labute approximate surface area is 108 Å². The molecule has 1 amide bonds. The lowest BCUT2D eigenvalue weighted by molar-refractivity contribution is -0.191. The Morgan fingerprint density at radius 2 is 2.06 bits per heavy atom. The highest BCUT2D eigenvalue weighted by Gasteiger charge is 2.28. The summed E-state index contributed by atoms with van der Waals surface area (Å²) in [6.45, 7) is 7.94. The molecule has 1 saturated heterocycles. The highest BCUT2D eigenvalue weighted by molar-refractivity contribution is 5.67. The second-order valence-corrected chi connectivity index (χ2v) is 5.40. The van der Waals surface area contributed by atoms with E-state index in [1.807, 2.05) is 20.8 Å². The average Bonchev–Trinajstić information content (AvgIpc) is 2.58. The second kappa shape index (κ2) is 6.04. The fourth-order valence-electron chi connectivity index (χ4n) is 1.81. The highest BCUT2D eigenvalue weighted by Crippen LogP contribution is 2.17. The van der Waals surface area contributed by atoms with Gasteiger partial charge >= 0.3 is 12.1 Å². The van der Waals surface area contributed by atoms with Gasteiger partial charge < -0.3 is 14.9 Å². The van der Waals surface area contributed by atoms with Crippen LogP contribution in [0, 0.1) is 0 Å². The number of nitrogens with zero attached hydrogens (tertiary/aromatic N) is 1. The van der Waals surface area contributed by atoms with Crippen LogP contribution in [0.1, 0.15) is 40.5 Å². The molecule has 1 rings (SSSR count). The normalized spacial score (nSPS) is 20.6. The smallest absolute Gasteiger partial charge is 0.407 e. The lowest BCUT2D eigenvalue weighted by atomic mass is 10.2. The van der Waals surface area contributed by atoms with E-state index in [2.05, 4.69) is 5.32 Å². The minimum absolute atomic E-state index is 0.0291. The third-order valence-corrected chi connectivity index (χ3v) is 2.45. The topological polar surface area (TPSA) is 67.9 Å². The van der Waals surface area contributed by atoms with E-state index in [0.29, 0.717) is 13.1 Å². The summed E-state index contributed by atoms with van der Waals surface area (Å²) >= 11 is 0. The number of carbonyl (C=O) groups excluding carboxylic acids is 2. The molecule has 1 fully saturated rings. The van der Waals surface area contributed by atoms with E-state index in [-0.39, 0.29) is 12.0 Å². The van der Waals surface area contributed by atoms with Crippen LogP contribution in [0.3, 0.4) is 0 Å². The summed E-state index contributed by atoms with van der Waals surface area (Å²) < 4.78 is 5.14. The molecule has 0 aromatic rings. The predicted octanol–water partition coefficient (Wildman–Crippen LogP) is 1.45. The average molecular weight is 258 g/mol. The summed E-state index contributed by atoms with van der Waals surface area (Å²) in [5.41, 5.74) is -0.505. The van der Waals surface area contributed by atoms with Gasteiger partial charge in [-0.15, -0.1) is 5.06 Å². The lowest BCUT2D eigenvalue weighted by Gasteiger charge is -2.24. The molecule has 1 atom stereocenters. The van der Waals surface area contributed by atoms with Gasteiger partial charge in [0.05, 0.1) is 6.04 Å². The summed E-state index contributed by atoms with van der Waals surface area (Å²) in [4.78, 5) is 27.4. The zero-order valence-electron chi connectivity index (χ0n) is 11.5. The molecular formula is C12H22N2O4. The Hall–Kier alpha value is -1.30. The number of amides is 1. The SMILES string of the molecule is CC(=O)ON1CCCC1CNC(=O)OC(C)(C)C. The van der Waals surface area contributed by atoms with Gasteiger partial charge in [-0.2, -0.15) is 0 Å². The van der Waals surface area contributed by atoms with Crippen LogP contribution in [-0.4, -0.2) is 41.9 Å². The molecule has 0 saturated carbocycles. The first kappa shape index (κ1) is 14.8. The quantitative estimate of drug-likeness (QED) is 0.830. The van der Waals surface area contributed by atoms with Crippen molar-refractivity contribution in [2.24, 2.45) is 0 Å². The van der Waals surface area contributed by atoms with Crippen LogP contribution in [0.25, 0.3) is 0 Å². The third kappa shape index (κ3) is 5.35. The molecule has 0 aromatic heterocycles. The van der Waals surface area contributed by atoms with Gasteiger partial charge in [0.2, 0.25) is 0 Å². The Bertz CT molecular complexity index is 312. The van der Waals surface area contributed by atoms with E-state index in [0.717, 1.165) is 12.8 Å². The van der Waals surface area contributed by atoms with Crippen molar-refractivity contribution >= 4 is 12.1 Å². The van der Waals surface area contributed by atoms with Gasteiger partial charge in [-0.3, -0.25) is 4.79 Å². The molecule has 0 aliphatic carbocycles. The Morgan fingerprint density at radius 1 is 1.39 bits per heavy atom. The van der Waals surface area contributed by atoms with Crippen LogP contribution in [-0.2, 0) is 14.4 Å². The molecule has 1 unspecified atom stereocenters. The van der Waals surface area contributed by atoms with E-state index in [4.69, 9.17) is 9.57 Å². The fourth-order valence-corrected chi connectivity index (χ4v) is 1.81. The van der Waals surface area contributed by atoms with Gasteiger partial charge in [-0.05, 0) is 33.6 Å². The maximum absolute atomic E-state index is 11.5. The maximum atomic E-state index is 11.5. The monoisotopic (exact) mass is 258 g/mol. The summed E-state index contributed by atoms with van der Waals surface area (Å²) in [7, 11) is 0. The standard InChI is InChI=1S/C12H22N2O4/c1-9(15)18-14-7-5-6-10(14)8-13-11(16)17-12(2,3)4/h10H,5-8H2,1-4H3,(H,13,16). The van der Waals surface area contributed by atoms with Crippen molar-refractivity contribution in [3.8, 4) is 0 Å². The molecule has 1 N–H and O–H groups in total. The molecule has 1 heterocycles. The van der Waals surface area contributed by atoms with Gasteiger partial charge in [0, 0.05) is 20.0 Å². The van der Waals surface area contributed by atoms with E-state index in [9.17, 15) is 9.59 Å². The molecule has 18 heavy (non-hydrogen) atoms. The van der Waals surface area contributed by atoms with Gasteiger partial charge in [-0.25, -0.2) is 4.79 Å². The molecule has 6 heteroatoms. The third-order valence-electron chi connectivity index (χ3n) is 2.45. The summed E-state index contributed by atoms with van der Waals surface area (Å²) in [5.74, 6) is -0.334. The molecule has 0 bridgehead atoms. The summed E-state index contributed by atoms with van der Waals surface area (Å²) in [6.07, 6.45) is 1.40. The summed E-state index contributed by atoms with van der Waals surface area (Å²) in [5, 5.41) is 4.31. The second-order valence-electron chi connectivity index (χ2n) is 5.40. The Morgan fingerprint density at radius 3 is 2.61 bits per heavy atom. The zero-order valence-corrected chi connectivity index (χ0v) is 11.5. The van der Waals surface area contributed by atoms with E-state index < -0.39 is 11.7 Å². The van der Waals surface area contributed by atoms with Gasteiger partial charge in [0.1, 0.15) is 5.60 Å². The number of rotatable bonds is 3. The molecular weight excluding hydrogens is 236 g/mol. The van der Waals surface area contributed by atoms with Gasteiger partial charge in [0.15, 0.2) is 0 Å². The number of hydrogen-bond donors (Lipinski definition) is 1. The fraction of sp³-hybridized carbons (Fsp3) is 0.833.